The average molecular weight is 390 g/mol. The molecule has 0 saturated heterocycles. The minimum absolute atomic E-state index is 0.0735. The second-order valence-electron chi connectivity index (χ2n) is 8.67. The highest BCUT2D eigenvalue weighted by Crippen LogP contribution is 2.44. The monoisotopic (exact) mass is 389 g/mol. The summed E-state index contributed by atoms with van der Waals surface area (Å²) in [6.45, 7) is 8.07. The summed E-state index contributed by atoms with van der Waals surface area (Å²) in [5.74, 6) is -0.766. The van der Waals surface area contributed by atoms with Gasteiger partial charge in [-0.3, -0.25) is 9.59 Å². The van der Waals surface area contributed by atoms with E-state index in [1.807, 2.05) is 0 Å². The lowest BCUT2D eigenvalue weighted by Gasteiger charge is -2.42. The van der Waals surface area contributed by atoms with Crippen molar-refractivity contribution < 1.29 is 14.3 Å². The molecule has 0 atom stereocenters. The van der Waals surface area contributed by atoms with E-state index in [0.29, 0.717) is 10.6 Å². The maximum absolute atomic E-state index is 12.3. The summed E-state index contributed by atoms with van der Waals surface area (Å²) >= 11 is 1.42. The van der Waals surface area contributed by atoms with Gasteiger partial charge in [0.15, 0.2) is 6.61 Å². The second-order valence-corrected chi connectivity index (χ2v) is 9.69. The molecular formula is C20H27N3O3S. The van der Waals surface area contributed by atoms with Gasteiger partial charge in [-0.05, 0) is 52.5 Å². The van der Waals surface area contributed by atoms with Crippen LogP contribution in [0.4, 0.5) is 5.00 Å². The van der Waals surface area contributed by atoms with Crippen molar-refractivity contribution in [3.8, 4) is 6.07 Å². The highest BCUT2D eigenvalue weighted by Gasteiger charge is 2.40. The number of hydrogen-bond donors (Lipinski definition) is 2. The number of esters is 1. The number of thiophene rings is 1. The molecule has 0 aromatic carbocycles. The molecule has 1 saturated carbocycles. The molecule has 0 unspecified atom stereocenters. The lowest BCUT2D eigenvalue weighted by atomic mass is 9.81. The molecule has 1 fully saturated rings. The Labute approximate surface area is 164 Å². The van der Waals surface area contributed by atoms with Crippen LogP contribution in [0.5, 0.6) is 0 Å². The van der Waals surface area contributed by atoms with Gasteiger partial charge in [0, 0.05) is 16.0 Å². The van der Waals surface area contributed by atoms with Crippen LogP contribution < -0.4 is 10.6 Å². The van der Waals surface area contributed by atoms with Gasteiger partial charge in [-0.1, -0.05) is 12.8 Å². The number of carbonyl (C=O) groups is 2. The molecule has 1 aromatic rings. The highest BCUT2D eigenvalue weighted by atomic mass is 32.1. The lowest BCUT2D eigenvalue weighted by Crippen LogP contribution is -2.54. The van der Waals surface area contributed by atoms with Crippen LogP contribution in [0.15, 0.2) is 0 Å². The third kappa shape index (κ3) is 4.17. The Morgan fingerprint density at radius 1 is 1.30 bits per heavy atom. The number of anilines is 1. The number of hydrogen-bond acceptors (Lipinski definition) is 6. The van der Waals surface area contributed by atoms with Crippen LogP contribution >= 0.6 is 11.3 Å². The third-order valence-corrected chi connectivity index (χ3v) is 6.71. The van der Waals surface area contributed by atoms with Crippen LogP contribution in [0.25, 0.3) is 0 Å². The zero-order valence-electron chi connectivity index (χ0n) is 16.4. The first-order valence-electron chi connectivity index (χ1n) is 9.45. The van der Waals surface area contributed by atoms with E-state index < -0.39 is 5.91 Å². The average Bonchev–Trinajstić information content (AvgIpc) is 3.19. The van der Waals surface area contributed by atoms with Crippen molar-refractivity contribution in [2.45, 2.75) is 70.9 Å². The summed E-state index contributed by atoms with van der Waals surface area (Å²) in [5, 5.41) is 16.6. The molecule has 1 aliphatic carbocycles. The molecule has 2 aliphatic rings. The fourth-order valence-corrected chi connectivity index (χ4v) is 5.56. The first-order chi connectivity index (χ1) is 12.6. The fraction of sp³-hybridized carbons (Fsp3) is 0.650. The third-order valence-electron chi connectivity index (χ3n) is 5.24. The molecule has 3 rings (SSSR count). The number of rotatable bonds is 4. The minimum atomic E-state index is -0.401. The Morgan fingerprint density at radius 2 is 1.96 bits per heavy atom. The molecule has 146 valence electrons. The van der Waals surface area contributed by atoms with E-state index in [4.69, 9.17) is 4.74 Å². The van der Waals surface area contributed by atoms with Crippen molar-refractivity contribution >= 4 is 28.2 Å². The van der Waals surface area contributed by atoms with Crippen LogP contribution in [0.1, 0.15) is 69.4 Å². The van der Waals surface area contributed by atoms with E-state index in [9.17, 15) is 14.9 Å². The van der Waals surface area contributed by atoms with Gasteiger partial charge in [-0.25, -0.2) is 0 Å². The predicted molar refractivity (Wildman–Crippen MR) is 105 cm³/mol. The minimum Gasteiger partial charge on any atom is -0.455 e. The Bertz CT molecular complexity index is 798. The van der Waals surface area contributed by atoms with Gasteiger partial charge in [0.1, 0.15) is 11.1 Å². The Hall–Kier alpha value is -1.91. The van der Waals surface area contributed by atoms with Gasteiger partial charge in [0.2, 0.25) is 0 Å². The summed E-state index contributed by atoms with van der Waals surface area (Å²) < 4.78 is 5.17. The van der Waals surface area contributed by atoms with Gasteiger partial charge in [0.05, 0.1) is 11.5 Å². The summed E-state index contributed by atoms with van der Waals surface area (Å²) in [7, 11) is 0. The molecule has 0 radical (unpaired) electrons. The second kappa shape index (κ2) is 7.25. The topological polar surface area (TPSA) is 91.2 Å². The van der Waals surface area contributed by atoms with Crippen LogP contribution in [0.3, 0.4) is 0 Å². The zero-order chi connectivity index (χ0) is 19.8. The summed E-state index contributed by atoms with van der Waals surface area (Å²) in [6, 6.07) is 2.25. The first-order valence-corrected chi connectivity index (χ1v) is 10.3. The maximum atomic E-state index is 12.3. The van der Waals surface area contributed by atoms with Crippen molar-refractivity contribution in [2.24, 2.45) is 5.92 Å². The van der Waals surface area contributed by atoms with Gasteiger partial charge in [0.25, 0.3) is 5.91 Å². The molecule has 0 bridgehead atoms. The number of nitrogens with zero attached hydrogens (tertiary/aromatic N) is 1. The quantitative estimate of drug-likeness (QED) is 0.770. The summed E-state index contributed by atoms with van der Waals surface area (Å²) in [6.07, 6.45) is 4.48. The van der Waals surface area contributed by atoms with E-state index in [1.165, 1.54) is 11.3 Å². The Balaban J connectivity index is 1.72. The molecule has 2 N–H and O–H groups in total. The smallest absolute Gasteiger partial charge is 0.309 e. The van der Waals surface area contributed by atoms with Crippen molar-refractivity contribution in [2.75, 3.05) is 11.9 Å². The molecule has 0 spiro atoms. The number of carbonyl (C=O) groups excluding carboxylic acids is 2. The normalized spacial score (nSPS) is 20.6. The SMILES string of the molecule is CC1(C)Cc2c(sc(NC(=O)COC(=O)C3CCCC3)c2C#N)C(C)(C)N1. The summed E-state index contributed by atoms with van der Waals surface area (Å²) in [5.41, 5.74) is 1.09. The number of nitriles is 1. The van der Waals surface area contributed by atoms with Crippen molar-refractivity contribution in [1.29, 1.82) is 5.26 Å². The first kappa shape index (κ1) is 19.8. The Morgan fingerprint density at radius 3 is 2.59 bits per heavy atom. The van der Waals surface area contributed by atoms with Crippen LogP contribution in [-0.4, -0.2) is 24.0 Å². The van der Waals surface area contributed by atoms with E-state index in [0.717, 1.165) is 42.5 Å². The van der Waals surface area contributed by atoms with Crippen molar-refractivity contribution in [3.63, 3.8) is 0 Å². The van der Waals surface area contributed by atoms with Gasteiger partial charge >= 0.3 is 5.97 Å². The number of nitrogens with one attached hydrogen (secondary N) is 2. The molecule has 6 nitrogen and oxygen atoms in total. The summed E-state index contributed by atoms with van der Waals surface area (Å²) in [4.78, 5) is 25.3. The number of ether oxygens (including phenoxy) is 1. The molecule has 1 amide bonds. The van der Waals surface area contributed by atoms with E-state index in [2.05, 4.69) is 44.4 Å². The van der Waals surface area contributed by atoms with E-state index in [1.54, 1.807) is 0 Å². The number of amides is 1. The van der Waals surface area contributed by atoms with Crippen LogP contribution in [-0.2, 0) is 26.3 Å². The highest BCUT2D eigenvalue weighted by molar-refractivity contribution is 7.17. The molecular weight excluding hydrogens is 362 g/mol. The van der Waals surface area contributed by atoms with E-state index in [-0.39, 0.29) is 29.6 Å². The molecule has 27 heavy (non-hydrogen) atoms. The molecule has 7 heteroatoms. The van der Waals surface area contributed by atoms with Crippen LogP contribution in [0, 0.1) is 17.2 Å². The largest absolute Gasteiger partial charge is 0.455 e. The molecule has 2 heterocycles. The van der Waals surface area contributed by atoms with E-state index >= 15 is 0 Å². The molecule has 1 aliphatic heterocycles. The van der Waals surface area contributed by atoms with Gasteiger partial charge in [-0.15, -0.1) is 11.3 Å². The predicted octanol–water partition coefficient (Wildman–Crippen LogP) is 3.45. The Kier molecular flexibility index (Phi) is 5.33. The molecule has 1 aromatic heterocycles. The van der Waals surface area contributed by atoms with Crippen LogP contribution in [0.2, 0.25) is 0 Å². The number of fused-ring (bicyclic) bond motifs is 1. The lowest BCUT2D eigenvalue weighted by molar-refractivity contribution is -0.151. The standard InChI is InChI=1S/C20H27N3O3S/c1-19(2)9-13-14(10-21)17(27-16(13)20(3,4)23-19)22-15(24)11-26-18(25)12-7-5-6-8-12/h12,23H,5-9,11H2,1-4H3,(H,22,24). The van der Waals surface area contributed by atoms with Gasteiger partial charge < -0.3 is 15.4 Å². The fourth-order valence-electron chi connectivity index (χ4n) is 4.31. The maximum Gasteiger partial charge on any atom is 0.309 e. The van der Waals surface area contributed by atoms with Gasteiger partial charge in [-0.2, -0.15) is 5.26 Å². The zero-order valence-corrected chi connectivity index (χ0v) is 17.2. The van der Waals surface area contributed by atoms with Crippen molar-refractivity contribution in [1.82, 2.24) is 5.32 Å². The van der Waals surface area contributed by atoms with Crippen molar-refractivity contribution in [3.05, 3.63) is 16.0 Å².